The second-order valence-corrected chi connectivity index (χ2v) is 4.79. The summed E-state index contributed by atoms with van der Waals surface area (Å²) in [5, 5.41) is 2.83. The molecule has 0 aromatic carbocycles. The fourth-order valence-corrected chi connectivity index (χ4v) is 1.86. The summed E-state index contributed by atoms with van der Waals surface area (Å²) < 4.78 is 1.63. The molecule has 1 aromatic heterocycles. The van der Waals surface area contributed by atoms with Gasteiger partial charge in [0.2, 0.25) is 5.91 Å². The van der Waals surface area contributed by atoms with Crippen molar-refractivity contribution in [2.75, 3.05) is 0 Å². The standard InChI is InChI=1S/C11H16BrN3O2/c1-3-4-8(2)14-10(16)6-15-7-13-5-9(12)11(15)17/h5,7-8H,3-4,6H2,1-2H3,(H,14,16). The van der Waals surface area contributed by atoms with Gasteiger partial charge in [-0.2, -0.15) is 0 Å². The molecule has 0 aliphatic carbocycles. The molecular weight excluding hydrogens is 286 g/mol. The minimum atomic E-state index is -0.252. The van der Waals surface area contributed by atoms with Crippen molar-refractivity contribution in [2.24, 2.45) is 0 Å². The first-order valence-electron chi connectivity index (χ1n) is 5.54. The topological polar surface area (TPSA) is 64.0 Å². The van der Waals surface area contributed by atoms with Crippen molar-refractivity contribution in [3.63, 3.8) is 0 Å². The Kier molecular flexibility index (Phi) is 5.34. The van der Waals surface area contributed by atoms with Crippen LogP contribution in [0.15, 0.2) is 21.8 Å². The van der Waals surface area contributed by atoms with E-state index in [2.05, 4.69) is 33.2 Å². The van der Waals surface area contributed by atoms with Gasteiger partial charge in [0.05, 0.1) is 6.33 Å². The molecule has 0 saturated heterocycles. The predicted octanol–water partition coefficient (Wildman–Crippen LogP) is 1.31. The molecule has 17 heavy (non-hydrogen) atoms. The molecule has 1 N–H and O–H groups in total. The average Bonchev–Trinajstić information content (AvgIpc) is 2.25. The summed E-state index contributed by atoms with van der Waals surface area (Å²) in [4.78, 5) is 27.1. The first-order valence-corrected chi connectivity index (χ1v) is 6.33. The Balaban J connectivity index is 2.62. The zero-order valence-corrected chi connectivity index (χ0v) is 11.5. The van der Waals surface area contributed by atoms with Gasteiger partial charge >= 0.3 is 0 Å². The maximum absolute atomic E-state index is 11.6. The molecule has 0 radical (unpaired) electrons. The van der Waals surface area contributed by atoms with Crippen molar-refractivity contribution in [2.45, 2.75) is 39.3 Å². The van der Waals surface area contributed by atoms with Crippen LogP contribution in [-0.2, 0) is 11.3 Å². The Morgan fingerprint density at radius 3 is 3.00 bits per heavy atom. The third-order valence-corrected chi connectivity index (χ3v) is 2.85. The second kappa shape index (κ2) is 6.54. The molecule has 1 unspecified atom stereocenters. The van der Waals surface area contributed by atoms with Crippen LogP contribution in [0.25, 0.3) is 0 Å². The highest BCUT2D eigenvalue weighted by molar-refractivity contribution is 9.10. The van der Waals surface area contributed by atoms with Gasteiger partial charge < -0.3 is 5.32 Å². The monoisotopic (exact) mass is 301 g/mol. The summed E-state index contributed by atoms with van der Waals surface area (Å²) in [6.45, 7) is 4.01. The zero-order valence-electron chi connectivity index (χ0n) is 9.94. The van der Waals surface area contributed by atoms with E-state index in [-0.39, 0.29) is 24.1 Å². The minimum absolute atomic E-state index is 0.000667. The lowest BCUT2D eigenvalue weighted by Gasteiger charge is -2.13. The van der Waals surface area contributed by atoms with Crippen molar-refractivity contribution in [1.29, 1.82) is 0 Å². The number of halogens is 1. The number of aromatic nitrogens is 2. The summed E-state index contributed by atoms with van der Waals surface area (Å²) in [5.74, 6) is -0.173. The highest BCUT2D eigenvalue weighted by atomic mass is 79.9. The number of rotatable bonds is 5. The Bertz CT molecular complexity index is 445. The van der Waals surface area contributed by atoms with Gasteiger partial charge in [-0.15, -0.1) is 0 Å². The zero-order chi connectivity index (χ0) is 12.8. The summed E-state index contributed by atoms with van der Waals surface area (Å²) >= 11 is 3.08. The van der Waals surface area contributed by atoms with E-state index >= 15 is 0 Å². The van der Waals surface area contributed by atoms with E-state index in [1.807, 2.05) is 6.92 Å². The summed E-state index contributed by atoms with van der Waals surface area (Å²) in [7, 11) is 0. The van der Waals surface area contributed by atoms with E-state index in [0.29, 0.717) is 4.47 Å². The fourth-order valence-electron chi connectivity index (χ4n) is 1.52. The van der Waals surface area contributed by atoms with E-state index in [4.69, 9.17) is 0 Å². The number of nitrogens with one attached hydrogen (secondary N) is 1. The molecule has 1 aromatic rings. The fraction of sp³-hybridized carbons (Fsp3) is 0.545. The van der Waals surface area contributed by atoms with Crippen LogP contribution in [0.2, 0.25) is 0 Å². The molecule has 1 atom stereocenters. The van der Waals surface area contributed by atoms with Gasteiger partial charge in [-0.25, -0.2) is 4.98 Å². The van der Waals surface area contributed by atoms with Crippen LogP contribution in [0.3, 0.4) is 0 Å². The van der Waals surface area contributed by atoms with Gasteiger partial charge in [0.15, 0.2) is 0 Å². The molecule has 6 heteroatoms. The van der Waals surface area contributed by atoms with Gasteiger partial charge in [-0.3, -0.25) is 14.2 Å². The van der Waals surface area contributed by atoms with E-state index in [1.54, 1.807) is 0 Å². The second-order valence-electron chi connectivity index (χ2n) is 3.93. The molecular formula is C11H16BrN3O2. The van der Waals surface area contributed by atoms with Crippen LogP contribution in [0.4, 0.5) is 0 Å². The molecule has 0 aliphatic heterocycles. The molecule has 1 rings (SSSR count). The third kappa shape index (κ3) is 4.30. The molecule has 5 nitrogen and oxygen atoms in total. The Morgan fingerprint density at radius 2 is 2.35 bits per heavy atom. The normalized spacial score (nSPS) is 12.2. The van der Waals surface area contributed by atoms with Gasteiger partial charge in [0.25, 0.3) is 5.56 Å². The SMILES string of the molecule is CCCC(C)NC(=O)Cn1cncc(Br)c1=O. The van der Waals surface area contributed by atoms with Gasteiger partial charge in [0.1, 0.15) is 11.0 Å². The smallest absolute Gasteiger partial charge is 0.268 e. The van der Waals surface area contributed by atoms with Crippen molar-refractivity contribution >= 4 is 21.8 Å². The maximum atomic E-state index is 11.6. The Hall–Kier alpha value is -1.17. The van der Waals surface area contributed by atoms with Crippen molar-refractivity contribution in [3.05, 3.63) is 27.4 Å². The van der Waals surface area contributed by atoms with Crippen LogP contribution in [0, 0.1) is 0 Å². The molecule has 94 valence electrons. The van der Waals surface area contributed by atoms with Gasteiger partial charge in [0, 0.05) is 12.2 Å². The highest BCUT2D eigenvalue weighted by Crippen LogP contribution is 1.98. The molecule has 1 amide bonds. The number of nitrogens with zero attached hydrogens (tertiary/aromatic N) is 2. The summed E-state index contributed by atoms with van der Waals surface area (Å²) in [6, 6.07) is 0.128. The lowest BCUT2D eigenvalue weighted by molar-refractivity contribution is -0.122. The van der Waals surface area contributed by atoms with E-state index in [0.717, 1.165) is 12.8 Å². The van der Waals surface area contributed by atoms with Crippen molar-refractivity contribution in [1.82, 2.24) is 14.9 Å². The van der Waals surface area contributed by atoms with E-state index in [9.17, 15) is 9.59 Å². The Labute approximate surface area is 108 Å². The number of carbonyl (C=O) groups excluding carboxylic acids is 1. The van der Waals surface area contributed by atoms with Crippen LogP contribution in [0.5, 0.6) is 0 Å². The number of carbonyl (C=O) groups is 1. The lowest BCUT2D eigenvalue weighted by Crippen LogP contribution is -2.37. The van der Waals surface area contributed by atoms with Gasteiger partial charge in [-0.1, -0.05) is 13.3 Å². The van der Waals surface area contributed by atoms with Crippen molar-refractivity contribution in [3.8, 4) is 0 Å². The highest BCUT2D eigenvalue weighted by Gasteiger charge is 2.09. The molecule has 0 aliphatic rings. The van der Waals surface area contributed by atoms with Crippen LogP contribution in [-0.4, -0.2) is 21.5 Å². The molecule has 0 fully saturated rings. The lowest BCUT2D eigenvalue weighted by atomic mass is 10.2. The van der Waals surface area contributed by atoms with Crippen LogP contribution < -0.4 is 10.9 Å². The predicted molar refractivity (Wildman–Crippen MR) is 68.7 cm³/mol. The molecule has 0 saturated carbocycles. The number of hydrogen-bond donors (Lipinski definition) is 1. The molecule has 0 bridgehead atoms. The first kappa shape index (κ1) is 13.9. The Morgan fingerprint density at radius 1 is 1.65 bits per heavy atom. The molecule has 0 spiro atoms. The van der Waals surface area contributed by atoms with Crippen molar-refractivity contribution < 1.29 is 4.79 Å². The third-order valence-electron chi connectivity index (χ3n) is 2.30. The summed E-state index contributed by atoms with van der Waals surface area (Å²) in [5.41, 5.74) is -0.252. The van der Waals surface area contributed by atoms with Crippen LogP contribution in [0.1, 0.15) is 26.7 Å². The average molecular weight is 302 g/mol. The van der Waals surface area contributed by atoms with Crippen LogP contribution >= 0.6 is 15.9 Å². The first-order chi connectivity index (χ1) is 8.04. The van der Waals surface area contributed by atoms with E-state index < -0.39 is 0 Å². The van der Waals surface area contributed by atoms with Gasteiger partial charge in [-0.05, 0) is 29.3 Å². The quantitative estimate of drug-likeness (QED) is 0.892. The largest absolute Gasteiger partial charge is 0.352 e. The minimum Gasteiger partial charge on any atom is -0.352 e. The summed E-state index contributed by atoms with van der Waals surface area (Å²) in [6.07, 6.45) is 4.71. The number of hydrogen-bond acceptors (Lipinski definition) is 3. The van der Waals surface area contributed by atoms with E-state index in [1.165, 1.54) is 17.1 Å². The maximum Gasteiger partial charge on any atom is 0.268 e. The molecule has 1 heterocycles. The number of amides is 1.